The molecule has 2 aromatic heterocycles. The van der Waals surface area contributed by atoms with Gasteiger partial charge < -0.3 is 9.88 Å². The monoisotopic (exact) mass is 290 g/mol. The van der Waals surface area contributed by atoms with Gasteiger partial charge in [-0.1, -0.05) is 24.3 Å². The van der Waals surface area contributed by atoms with Crippen LogP contribution in [-0.2, 0) is 13.1 Å². The molecule has 3 aromatic rings. The van der Waals surface area contributed by atoms with E-state index in [1.54, 1.807) is 18.7 Å². The highest BCUT2D eigenvalue weighted by molar-refractivity contribution is 5.35. The van der Waals surface area contributed by atoms with E-state index in [1.165, 1.54) is 11.8 Å². The Morgan fingerprint density at radius 3 is 2.82 bits per heavy atom. The van der Waals surface area contributed by atoms with E-state index < -0.39 is 0 Å². The van der Waals surface area contributed by atoms with Crippen LogP contribution in [0.5, 0.6) is 0 Å². The van der Waals surface area contributed by atoms with Crippen LogP contribution in [0, 0.1) is 11.3 Å². The maximum Gasteiger partial charge on any atom is 0.158 e. The quantitative estimate of drug-likeness (QED) is 0.779. The molecule has 0 bridgehead atoms. The average Bonchev–Trinajstić information content (AvgIpc) is 3.07. The third-order valence-corrected chi connectivity index (χ3v) is 3.16. The van der Waals surface area contributed by atoms with Gasteiger partial charge in [0.25, 0.3) is 0 Å². The van der Waals surface area contributed by atoms with E-state index in [0.29, 0.717) is 18.1 Å². The summed E-state index contributed by atoms with van der Waals surface area (Å²) in [5.41, 5.74) is 2.68. The maximum atomic E-state index is 8.69. The first-order valence-electron chi connectivity index (χ1n) is 6.83. The number of nitrogens with one attached hydrogen (secondary N) is 1. The molecule has 0 amide bonds. The van der Waals surface area contributed by atoms with Crippen LogP contribution in [0.4, 0.5) is 5.82 Å². The zero-order valence-electron chi connectivity index (χ0n) is 11.8. The molecule has 22 heavy (non-hydrogen) atoms. The van der Waals surface area contributed by atoms with Gasteiger partial charge in [-0.25, -0.2) is 15.0 Å². The predicted octanol–water partition coefficient (Wildman–Crippen LogP) is 2.21. The van der Waals surface area contributed by atoms with Crippen LogP contribution in [0.3, 0.4) is 0 Å². The molecule has 0 aliphatic heterocycles. The summed E-state index contributed by atoms with van der Waals surface area (Å²) in [6.45, 7) is 1.45. The average molecular weight is 290 g/mol. The molecule has 0 radical (unpaired) electrons. The molecule has 2 heterocycles. The highest BCUT2D eigenvalue weighted by atomic mass is 15.0. The SMILES string of the molecule is N#Cc1cnc(NCc2cccc(Cn3ccnc3)c2)cn1. The van der Waals surface area contributed by atoms with Crippen LogP contribution in [0.1, 0.15) is 16.8 Å². The highest BCUT2D eigenvalue weighted by Gasteiger charge is 2.00. The van der Waals surface area contributed by atoms with Crippen LogP contribution in [-0.4, -0.2) is 19.5 Å². The summed E-state index contributed by atoms with van der Waals surface area (Å²) < 4.78 is 2.03. The molecule has 0 aliphatic carbocycles. The zero-order chi connectivity index (χ0) is 15.2. The van der Waals surface area contributed by atoms with Crippen molar-refractivity contribution in [3.05, 3.63) is 72.2 Å². The lowest BCUT2D eigenvalue weighted by atomic mass is 10.1. The minimum absolute atomic E-state index is 0.313. The first-order valence-corrected chi connectivity index (χ1v) is 6.83. The topological polar surface area (TPSA) is 79.4 Å². The third-order valence-electron chi connectivity index (χ3n) is 3.16. The Balaban J connectivity index is 1.63. The molecule has 0 saturated heterocycles. The number of anilines is 1. The minimum Gasteiger partial charge on any atom is -0.365 e. The number of rotatable bonds is 5. The lowest BCUT2D eigenvalue weighted by molar-refractivity contribution is 0.796. The summed E-state index contributed by atoms with van der Waals surface area (Å²) in [6, 6.07) is 10.3. The standard InChI is InChI=1S/C16H14N6/c17-7-15-9-21-16(10-19-15)20-8-13-2-1-3-14(6-13)11-22-5-4-18-12-22/h1-6,9-10,12H,8,11H2,(H,20,21). The number of aromatic nitrogens is 4. The Hall–Kier alpha value is -3.20. The molecule has 6 nitrogen and oxygen atoms in total. The van der Waals surface area contributed by atoms with Gasteiger partial charge in [-0.05, 0) is 11.1 Å². The van der Waals surface area contributed by atoms with Gasteiger partial charge in [-0.3, -0.25) is 0 Å². The second-order valence-electron chi connectivity index (χ2n) is 4.81. The van der Waals surface area contributed by atoms with E-state index in [-0.39, 0.29) is 0 Å². The van der Waals surface area contributed by atoms with Gasteiger partial charge >= 0.3 is 0 Å². The second-order valence-corrected chi connectivity index (χ2v) is 4.81. The summed E-state index contributed by atoms with van der Waals surface area (Å²) in [4.78, 5) is 12.2. The Kier molecular flexibility index (Phi) is 4.07. The van der Waals surface area contributed by atoms with Crippen molar-refractivity contribution in [1.29, 1.82) is 5.26 Å². The largest absolute Gasteiger partial charge is 0.365 e. The maximum absolute atomic E-state index is 8.69. The summed E-state index contributed by atoms with van der Waals surface area (Å²) >= 11 is 0. The number of benzene rings is 1. The molecule has 108 valence electrons. The zero-order valence-corrected chi connectivity index (χ0v) is 11.8. The third kappa shape index (κ3) is 3.46. The summed E-state index contributed by atoms with van der Waals surface area (Å²) in [5.74, 6) is 0.652. The van der Waals surface area contributed by atoms with Crippen molar-refractivity contribution >= 4 is 5.82 Å². The van der Waals surface area contributed by atoms with Crippen LogP contribution in [0.25, 0.3) is 0 Å². The number of nitrogens with zero attached hydrogens (tertiary/aromatic N) is 5. The van der Waals surface area contributed by atoms with E-state index in [1.807, 2.05) is 22.9 Å². The van der Waals surface area contributed by atoms with Gasteiger partial charge in [0, 0.05) is 25.5 Å². The predicted molar refractivity (Wildman–Crippen MR) is 81.8 cm³/mol. The Morgan fingerprint density at radius 1 is 1.18 bits per heavy atom. The second kappa shape index (κ2) is 6.50. The fraction of sp³-hybridized carbons (Fsp3) is 0.125. The van der Waals surface area contributed by atoms with E-state index >= 15 is 0 Å². The Morgan fingerprint density at radius 2 is 2.09 bits per heavy atom. The van der Waals surface area contributed by atoms with Crippen molar-refractivity contribution in [2.45, 2.75) is 13.1 Å². The Labute approximate surface area is 128 Å². The van der Waals surface area contributed by atoms with E-state index in [9.17, 15) is 0 Å². The fourth-order valence-electron chi connectivity index (χ4n) is 2.10. The van der Waals surface area contributed by atoms with Crippen molar-refractivity contribution in [2.75, 3.05) is 5.32 Å². The first kappa shape index (κ1) is 13.8. The van der Waals surface area contributed by atoms with Crippen molar-refractivity contribution < 1.29 is 0 Å². The van der Waals surface area contributed by atoms with E-state index in [0.717, 1.165) is 12.1 Å². The molecule has 0 fully saturated rings. The number of hydrogen-bond donors (Lipinski definition) is 1. The smallest absolute Gasteiger partial charge is 0.158 e. The molecule has 0 unspecified atom stereocenters. The number of nitriles is 1. The van der Waals surface area contributed by atoms with Crippen LogP contribution >= 0.6 is 0 Å². The van der Waals surface area contributed by atoms with Gasteiger partial charge in [0.15, 0.2) is 5.69 Å². The molecule has 0 saturated carbocycles. The van der Waals surface area contributed by atoms with Gasteiger partial charge in [0.2, 0.25) is 0 Å². The summed E-state index contributed by atoms with van der Waals surface area (Å²) in [7, 11) is 0. The number of imidazole rings is 1. The van der Waals surface area contributed by atoms with Crippen molar-refractivity contribution in [3.63, 3.8) is 0 Å². The van der Waals surface area contributed by atoms with Crippen LogP contribution < -0.4 is 5.32 Å². The molecule has 1 N–H and O–H groups in total. The molecule has 1 aromatic carbocycles. The lowest BCUT2D eigenvalue weighted by Crippen LogP contribution is -2.03. The van der Waals surface area contributed by atoms with Gasteiger partial charge in [0.05, 0.1) is 18.7 Å². The molecule has 0 aliphatic rings. The molecule has 0 spiro atoms. The van der Waals surface area contributed by atoms with Gasteiger partial charge in [-0.2, -0.15) is 5.26 Å². The molecule has 3 rings (SSSR count). The lowest BCUT2D eigenvalue weighted by Gasteiger charge is -2.08. The van der Waals surface area contributed by atoms with E-state index in [4.69, 9.17) is 5.26 Å². The highest BCUT2D eigenvalue weighted by Crippen LogP contribution is 2.09. The summed E-state index contributed by atoms with van der Waals surface area (Å²) in [6.07, 6.45) is 8.54. The van der Waals surface area contributed by atoms with E-state index in [2.05, 4.69) is 38.5 Å². The van der Waals surface area contributed by atoms with Gasteiger partial charge in [-0.15, -0.1) is 0 Å². The molecular weight excluding hydrogens is 276 g/mol. The normalized spacial score (nSPS) is 10.1. The first-order chi connectivity index (χ1) is 10.8. The fourth-order valence-corrected chi connectivity index (χ4v) is 2.10. The van der Waals surface area contributed by atoms with Crippen LogP contribution in [0.15, 0.2) is 55.4 Å². The van der Waals surface area contributed by atoms with Crippen LogP contribution in [0.2, 0.25) is 0 Å². The minimum atomic E-state index is 0.313. The summed E-state index contributed by atoms with van der Waals surface area (Å²) in [5, 5.41) is 11.9. The van der Waals surface area contributed by atoms with Crippen molar-refractivity contribution in [3.8, 4) is 6.07 Å². The molecular formula is C16H14N6. The van der Waals surface area contributed by atoms with Gasteiger partial charge in [0.1, 0.15) is 11.9 Å². The molecule has 0 atom stereocenters. The Bertz CT molecular complexity index is 771. The van der Waals surface area contributed by atoms with Crippen molar-refractivity contribution in [2.24, 2.45) is 0 Å². The van der Waals surface area contributed by atoms with Crippen molar-refractivity contribution in [1.82, 2.24) is 19.5 Å². The molecule has 6 heteroatoms. The number of hydrogen-bond acceptors (Lipinski definition) is 5.